The van der Waals surface area contributed by atoms with E-state index >= 15 is 0 Å². The van der Waals surface area contributed by atoms with Crippen LogP contribution in [0.4, 0.5) is 30.6 Å². The first-order valence-corrected chi connectivity index (χ1v) is 6.46. The van der Waals surface area contributed by atoms with Crippen molar-refractivity contribution in [2.24, 2.45) is 0 Å². The second kappa shape index (κ2) is 6.61. The molecule has 0 aliphatic rings. The Balaban J connectivity index is 2.25. The van der Waals surface area contributed by atoms with E-state index in [1.807, 2.05) is 0 Å². The third-order valence-electron chi connectivity index (χ3n) is 2.53. The number of nitrogens with zero attached hydrogens (tertiary/aromatic N) is 3. The topological polar surface area (TPSA) is 62.7 Å². The molecule has 0 saturated carbocycles. The average molecular weight is 330 g/mol. The Hall–Kier alpha value is -2.35. The SMILES string of the molecule is C=CCNc1cnnc(Nc2cc(C(F)(F)F)ccc2Cl)n1. The molecule has 2 N–H and O–H groups in total. The summed E-state index contributed by atoms with van der Waals surface area (Å²) in [7, 11) is 0. The summed E-state index contributed by atoms with van der Waals surface area (Å²) in [5, 5.41) is 13.0. The number of benzene rings is 1. The minimum Gasteiger partial charge on any atom is -0.365 e. The molecule has 2 aromatic rings. The molecule has 0 bridgehead atoms. The number of nitrogens with one attached hydrogen (secondary N) is 2. The third kappa shape index (κ3) is 4.08. The van der Waals surface area contributed by atoms with E-state index < -0.39 is 11.7 Å². The molecule has 5 nitrogen and oxygen atoms in total. The molecule has 0 unspecified atom stereocenters. The lowest BCUT2D eigenvalue weighted by Gasteiger charge is -2.11. The Morgan fingerprint density at radius 1 is 1.32 bits per heavy atom. The van der Waals surface area contributed by atoms with Crippen LogP contribution in [0.5, 0.6) is 0 Å². The van der Waals surface area contributed by atoms with Crippen molar-refractivity contribution in [2.45, 2.75) is 6.18 Å². The lowest BCUT2D eigenvalue weighted by atomic mass is 10.2. The number of hydrogen-bond acceptors (Lipinski definition) is 5. The Bertz CT molecular complexity index is 675. The van der Waals surface area contributed by atoms with E-state index in [-0.39, 0.29) is 16.7 Å². The summed E-state index contributed by atoms with van der Waals surface area (Å²) in [6.07, 6.45) is -1.46. The highest BCUT2D eigenvalue weighted by Crippen LogP contribution is 2.34. The quantitative estimate of drug-likeness (QED) is 0.815. The fourth-order valence-electron chi connectivity index (χ4n) is 1.54. The first-order valence-electron chi connectivity index (χ1n) is 6.08. The highest BCUT2D eigenvalue weighted by Gasteiger charge is 2.31. The Morgan fingerprint density at radius 2 is 2.09 bits per heavy atom. The Labute approximate surface area is 129 Å². The van der Waals surface area contributed by atoms with Gasteiger partial charge in [0, 0.05) is 6.54 Å². The zero-order valence-electron chi connectivity index (χ0n) is 11.2. The van der Waals surface area contributed by atoms with Crippen molar-refractivity contribution in [2.75, 3.05) is 17.2 Å². The van der Waals surface area contributed by atoms with Gasteiger partial charge in [0.1, 0.15) is 0 Å². The molecule has 0 spiro atoms. The van der Waals surface area contributed by atoms with Gasteiger partial charge in [0.2, 0.25) is 5.95 Å². The lowest BCUT2D eigenvalue weighted by Crippen LogP contribution is -2.07. The van der Waals surface area contributed by atoms with E-state index in [1.54, 1.807) is 6.08 Å². The van der Waals surface area contributed by atoms with Gasteiger partial charge in [0.15, 0.2) is 5.82 Å². The normalized spacial score (nSPS) is 11.1. The maximum Gasteiger partial charge on any atom is 0.416 e. The predicted octanol–water partition coefficient (Wildman–Crippen LogP) is 3.89. The molecule has 9 heteroatoms. The molecule has 1 heterocycles. The third-order valence-corrected chi connectivity index (χ3v) is 2.86. The van der Waals surface area contributed by atoms with E-state index in [0.29, 0.717) is 12.4 Å². The summed E-state index contributed by atoms with van der Waals surface area (Å²) >= 11 is 5.88. The van der Waals surface area contributed by atoms with Gasteiger partial charge in [-0.3, -0.25) is 0 Å². The molecule has 0 amide bonds. The lowest BCUT2D eigenvalue weighted by molar-refractivity contribution is -0.137. The largest absolute Gasteiger partial charge is 0.416 e. The highest BCUT2D eigenvalue weighted by atomic mass is 35.5. The molecular weight excluding hydrogens is 319 g/mol. The number of rotatable bonds is 5. The van der Waals surface area contributed by atoms with Crippen LogP contribution < -0.4 is 10.6 Å². The van der Waals surface area contributed by atoms with Gasteiger partial charge in [-0.15, -0.1) is 11.7 Å². The van der Waals surface area contributed by atoms with Crippen molar-refractivity contribution in [3.05, 3.63) is 47.6 Å². The number of aromatic nitrogens is 3. The van der Waals surface area contributed by atoms with Crippen LogP contribution in [0.3, 0.4) is 0 Å². The van der Waals surface area contributed by atoms with Crippen molar-refractivity contribution >= 4 is 29.1 Å². The molecule has 0 atom stereocenters. The Kier molecular flexibility index (Phi) is 4.81. The average Bonchev–Trinajstić information content (AvgIpc) is 2.46. The van der Waals surface area contributed by atoms with Crippen LogP contribution in [0.2, 0.25) is 5.02 Å². The van der Waals surface area contributed by atoms with E-state index in [1.165, 1.54) is 6.20 Å². The van der Waals surface area contributed by atoms with E-state index in [4.69, 9.17) is 11.6 Å². The molecule has 0 radical (unpaired) electrons. The maximum absolute atomic E-state index is 12.7. The first kappa shape index (κ1) is 16.0. The van der Waals surface area contributed by atoms with Gasteiger partial charge in [-0.2, -0.15) is 23.3 Å². The summed E-state index contributed by atoms with van der Waals surface area (Å²) in [6.45, 7) is 4.01. The smallest absolute Gasteiger partial charge is 0.365 e. The Morgan fingerprint density at radius 3 is 2.77 bits per heavy atom. The molecule has 0 saturated heterocycles. The second-order valence-corrected chi connectivity index (χ2v) is 4.56. The summed E-state index contributed by atoms with van der Waals surface area (Å²) in [5.41, 5.74) is -0.785. The molecule has 0 aliphatic heterocycles. The van der Waals surface area contributed by atoms with Crippen LogP contribution in [-0.4, -0.2) is 21.7 Å². The van der Waals surface area contributed by atoms with Crippen molar-refractivity contribution in [1.82, 2.24) is 15.2 Å². The first-order chi connectivity index (χ1) is 10.4. The summed E-state index contributed by atoms with van der Waals surface area (Å²) in [5.74, 6) is 0.427. The fraction of sp³-hybridized carbons (Fsp3) is 0.154. The van der Waals surface area contributed by atoms with Gasteiger partial charge in [-0.1, -0.05) is 17.7 Å². The predicted molar refractivity (Wildman–Crippen MR) is 78.3 cm³/mol. The molecule has 22 heavy (non-hydrogen) atoms. The molecular formula is C13H11ClF3N5. The van der Waals surface area contributed by atoms with Crippen LogP contribution in [0.25, 0.3) is 0 Å². The monoisotopic (exact) mass is 329 g/mol. The van der Waals surface area contributed by atoms with Gasteiger partial charge in [0.25, 0.3) is 0 Å². The number of hydrogen-bond donors (Lipinski definition) is 2. The zero-order valence-corrected chi connectivity index (χ0v) is 11.9. The van der Waals surface area contributed by atoms with Crippen LogP contribution in [0.1, 0.15) is 5.56 Å². The fourth-order valence-corrected chi connectivity index (χ4v) is 1.70. The number of halogens is 4. The zero-order chi connectivity index (χ0) is 16.2. The summed E-state index contributed by atoms with van der Waals surface area (Å²) in [4.78, 5) is 4.06. The van der Waals surface area contributed by atoms with Crippen molar-refractivity contribution in [1.29, 1.82) is 0 Å². The molecule has 1 aromatic heterocycles. The van der Waals surface area contributed by atoms with E-state index in [0.717, 1.165) is 18.2 Å². The van der Waals surface area contributed by atoms with Gasteiger partial charge in [-0.25, -0.2) is 0 Å². The molecule has 0 fully saturated rings. The number of anilines is 3. The van der Waals surface area contributed by atoms with Crippen molar-refractivity contribution in [3.8, 4) is 0 Å². The van der Waals surface area contributed by atoms with Gasteiger partial charge in [0.05, 0.1) is 22.5 Å². The van der Waals surface area contributed by atoms with Gasteiger partial charge >= 0.3 is 6.18 Å². The molecule has 116 valence electrons. The van der Waals surface area contributed by atoms with E-state index in [2.05, 4.69) is 32.4 Å². The molecule has 1 aromatic carbocycles. The summed E-state index contributed by atoms with van der Waals surface area (Å²) in [6, 6.07) is 2.93. The minimum atomic E-state index is -4.46. The van der Waals surface area contributed by atoms with E-state index in [9.17, 15) is 13.2 Å². The van der Waals surface area contributed by atoms with Crippen LogP contribution >= 0.6 is 11.6 Å². The molecule has 2 rings (SSSR count). The van der Waals surface area contributed by atoms with Crippen molar-refractivity contribution < 1.29 is 13.2 Å². The standard InChI is InChI=1S/C13H11ClF3N5/c1-2-5-18-11-7-19-22-12(21-11)20-10-6-8(13(15,16)17)3-4-9(10)14/h2-4,6-7H,1,5H2,(H2,18,20,21,22). The molecule has 0 aliphatic carbocycles. The van der Waals surface area contributed by atoms with Gasteiger partial charge < -0.3 is 10.6 Å². The van der Waals surface area contributed by atoms with Crippen LogP contribution in [-0.2, 0) is 6.18 Å². The number of alkyl halides is 3. The maximum atomic E-state index is 12.7. The van der Waals surface area contributed by atoms with Crippen LogP contribution in [0, 0.1) is 0 Å². The minimum absolute atomic E-state index is 0.0234. The van der Waals surface area contributed by atoms with Gasteiger partial charge in [-0.05, 0) is 18.2 Å². The highest BCUT2D eigenvalue weighted by molar-refractivity contribution is 6.33. The van der Waals surface area contributed by atoms with Crippen LogP contribution in [0.15, 0.2) is 37.1 Å². The summed E-state index contributed by atoms with van der Waals surface area (Å²) < 4.78 is 38.1. The van der Waals surface area contributed by atoms with Crippen molar-refractivity contribution in [3.63, 3.8) is 0 Å². The second-order valence-electron chi connectivity index (χ2n) is 4.15.